The van der Waals surface area contributed by atoms with Crippen LogP contribution in [0.1, 0.15) is 0 Å². The van der Waals surface area contributed by atoms with Gasteiger partial charge in [0.2, 0.25) is 0 Å². The van der Waals surface area contributed by atoms with Gasteiger partial charge in [0.25, 0.3) is 0 Å². The van der Waals surface area contributed by atoms with Crippen LogP contribution in [0.5, 0.6) is 0 Å². The molecule has 0 saturated heterocycles. The zero-order valence-corrected chi connectivity index (χ0v) is 32.2. The lowest BCUT2D eigenvalue weighted by molar-refractivity contribution is 1.12. The first-order valence-electron chi connectivity index (χ1n) is 20.3. The van der Waals surface area contributed by atoms with Gasteiger partial charge in [0, 0.05) is 50.2 Å². The first kappa shape index (κ1) is 33.3. The number of hydrogen-bond acceptors (Lipinski definition) is 0. The van der Waals surface area contributed by atoms with E-state index in [-0.39, 0.29) is 0 Å². The third-order valence-electron chi connectivity index (χ3n) is 12.0. The number of hydrogen-bond donors (Lipinski definition) is 0. The minimum Gasteiger partial charge on any atom is -0.316 e. The summed E-state index contributed by atoms with van der Waals surface area (Å²) in [6.07, 6.45) is 2.19. The van der Waals surface area contributed by atoms with Gasteiger partial charge in [0.1, 0.15) is 0 Å². The lowest BCUT2D eigenvalue weighted by atomic mass is 10.0. The predicted molar refractivity (Wildman–Crippen MR) is 248 cm³/mol. The van der Waals surface area contributed by atoms with E-state index in [2.05, 4.69) is 238 Å². The number of aromatic nitrogens is 3. The SMILES string of the molecule is c1ccc(-c2cc(-n3c4ccc(-c5ccccc5)cc4c4cc(-c5ccccc5)ccc43)cc(-n3c4ccccc4c4cc5ccn(-c6ccccc6)c5cc43)c2)cc1. The molecule has 12 aromatic rings. The Balaban J connectivity index is 1.15. The predicted octanol–water partition coefficient (Wildman–Crippen LogP) is 14.8. The van der Waals surface area contributed by atoms with Gasteiger partial charge in [0.15, 0.2) is 0 Å². The lowest BCUT2D eigenvalue weighted by Gasteiger charge is -2.16. The Labute approximate surface area is 341 Å². The lowest BCUT2D eigenvalue weighted by Crippen LogP contribution is -2.00. The van der Waals surface area contributed by atoms with Gasteiger partial charge in [-0.05, 0) is 112 Å². The molecule has 3 nitrogen and oxygen atoms in total. The van der Waals surface area contributed by atoms with E-state index >= 15 is 0 Å². The van der Waals surface area contributed by atoms with Crippen LogP contribution < -0.4 is 0 Å². The van der Waals surface area contributed by atoms with E-state index in [4.69, 9.17) is 0 Å². The van der Waals surface area contributed by atoms with Crippen LogP contribution in [0.2, 0.25) is 0 Å². The third kappa shape index (κ3) is 5.44. The number of nitrogens with zero attached hydrogens (tertiary/aromatic N) is 3. The quantitative estimate of drug-likeness (QED) is 0.161. The molecule has 0 aliphatic rings. The number of benzene rings is 9. The average molecular weight is 752 g/mol. The van der Waals surface area contributed by atoms with Crippen molar-refractivity contribution >= 4 is 54.5 Å². The molecule has 12 rings (SSSR count). The van der Waals surface area contributed by atoms with Crippen LogP contribution in [0.15, 0.2) is 225 Å². The highest BCUT2D eigenvalue weighted by Gasteiger charge is 2.20. The van der Waals surface area contributed by atoms with Crippen LogP contribution in [0, 0.1) is 0 Å². The van der Waals surface area contributed by atoms with Gasteiger partial charge in [-0.3, -0.25) is 0 Å². The van der Waals surface area contributed by atoms with Crippen molar-refractivity contribution in [2.75, 3.05) is 0 Å². The highest BCUT2D eigenvalue weighted by Crippen LogP contribution is 2.41. The Morgan fingerprint density at radius 3 is 1.31 bits per heavy atom. The molecule has 276 valence electrons. The van der Waals surface area contributed by atoms with E-state index in [0.29, 0.717) is 0 Å². The molecule has 3 heterocycles. The highest BCUT2D eigenvalue weighted by molar-refractivity contribution is 6.14. The summed E-state index contributed by atoms with van der Waals surface area (Å²) < 4.78 is 7.24. The minimum atomic E-state index is 1.11. The summed E-state index contributed by atoms with van der Waals surface area (Å²) in [5.41, 5.74) is 16.4. The normalized spacial score (nSPS) is 11.7. The first-order valence-corrected chi connectivity index (χ1v) is 20.3. The highest BCUT2D eigenvalue weighted by atomic mass is 15.0. The number of rotatable bonds is 6. The first-order chi connectivity index (χ1) is 29.2. The van der Waals surface area contributed by atoms with E-state index in [0.717, 1.165) is 22.6 Å². The molecule has 59 heavy (non-hydrogen) atoms. The molecule has 0 fully saturated rings. The van der Waals surface area contributed by atoms with E-state index < -0.39 is 0 Å². The van der Waals surface area contributed by atoms with Crippen molar-refractivity contribution in [3.8, 4) is 50.4 Å². The second-order valence-corrected chi connectivity index (χ2v) is 15.4. The van der Waals surface area contributed by atoms with Crippen LogP contribution in [0.25, 0.3) is 105 Å². The fourth-order valence-electron chi connectivity index (χ4n) is 9.26. The van der Waals surface area contributed by atoms with Crippen molar-refractivity contribution in [1.82, 2.24) is 13.7 Å². The van der Waals surface area contributed by atoms with E-state index in [1.807, 2.05) is 0 Å². The van der Waals surface area contributed by atoms with Crippen LogP contribution >= 0.6 is 0 Å². The van der Waals surface area contributed by atoms with Gasteiger partial charge in [-0.15, -0.1) is 0 Å². The number of fused-ring (bicyclic) bond motifs is 7. The Kier molecular flexibility index (Phi) is 7.54. The molecule has 0 aliphatic carbocycles. The van der Waals surface area contributed by atoms with E-state index in [1.165, 1.54) is 82.3 Å². The number of para-hydroxylation sites is 2. The summed E-state index contributed by atoms with van der Waals surface area (Å²) in [7, 11) is 0. The van der Waals surface area contributed by atoms with Crippen LogP contribution in [-0.2, 0) is 0 Å². The molecule has 0 unspecified atom stereocenters. The largest absolute Gasteiger partial charge is 0.316 e. The Morgan fingerprint density at radius 1 is 0.237 bits per heavy atom. The van der Waals surface area contributed by atoms with Crippen LogP contribution in [0.3, 0.4) is 0 Å². The van der Waals surface area contributed by atoms with Crippen LogP contribution in [0.4, 0.5) is 0 Å². The van der Waals surface area contributed by atoms with Crippen LogP contribution in [-0.4, -0.2) is 13.7 Å². The molecule has 9 aromatic carbocycles. The molecule has 0 amide bonds. The molecular weight excluding hydrogens is 715 g/mol. The van der Waals surface area contributed by atoms with Gasteiger partial charge in [0.05, 0.1) is 27.6 Å². The summed E-state index contributed by atoms with van der Waals surface area (Å²) in [5, 5.41) is 6.16. The standard InChI is InChI=1S/C56H37N3/c1-5-15-38(16-6-1)41-25-27-53-50(33-41)51-34-42(39-17-7-2-8-18-39)26-28-54(51)58(53)46-31-44(40-19-9-3-10-20-40)32-47(36-46)59-52-24-14-13-23-48(52)49-35-43-29-30-57(55(43)37-56(49)59)45-21-11-4-12-22-45/h1-37H. The van der Waals surface area contributed by atoms with Crippen molar-refractivity contribution < 1.29 is 0 Å². The van der Waals surface area contributed by atoms with Gasteiger partial charge >= 0.3 is 0 Å². The summed E-state index contributed by atoms with van der Waals surface area (Å²) in [5.74, 6) is 0. The van der Waals surface area contributed by atoms with Gasteiger partial charge < -0.3 is 13.7 Å². The topological polar surface area (TPSA) is 14.8 Å². The van der Waals surface area contributed by atoms with Gasteiger partial charge in [-0.1, -0.05) is 140 Å². The summed E-state index contributed by atoms with van der Waals surface area (Å²) in [6.45, 7) is 0. The molecule has 0 atom stereocenters. The monoisotopic (exact) mass is 751 g/mol. The van der Waals surface area contributed by atoms with Crippen molar-refractivity contribution in [2.24, 2.45) is 0 Å². The van der Waals surface area contributed by atoms with E-state index in [1.54, 1.807) is 0 Å². The maximum Gasteiger partial charge on any atom is 0.0562 e. The molecule has 3 heteroatoms. The molecule has 0 saturated carbocycles. The summed E-state index contributed by atoms with van der Waals surface area (Å²) in [6, 6.07) is 79.7. The molecular formula is C56H37N3. The molecule has 0 N–H and O–H groups in total. The molecule has 0 aliphatic heterocycles. The Morgan fingerprint density at radius 2 is 0.712 bits per heavy atom. The Bertz CT molecular complexity index is 3420. The van der Waals surface area contributed by atoms with E-state index in [9.17, 15) is 0 Å². The summed E-state index contributed by atoms with van der Waals surface area (Å²) >= 11 is 0. The third-order valence-corrected chi connectivity index (χ3v) is 12.0. The van der Waals surface area contributed by atoms with Gasteiger partial charge in [-0.25, -0.2) is 0 Å². The second kappa shape index (κ2) is 13.4. The second-order valence-electron chi connectivity index (χ2n) is 15.4. The molecule has 3 aromatic heterocycles. The molecule has 0 bridgehead atoms. The average Bonchev–Trinajstić information content (AvgIpc) is 3.98. The smallest absolute Gasteiger partial charge is 0.0562 e. The molecule has 0 spiro atoms. The van der Waals surface area contributed by atoms with Crippen molar-refractivity contribution in [3.05, 3.63) is 225 Å². The maximum absolute atomic E-state index is 2.47. The minimum absolute atomic E-state index is 1.11. The Hall–Kier alpha value is -7.88. The van der Waals surface area contributed by atoms with Crippen molar-refractivity contribution in [2.45, 2.75) is 0 Å². The van der Waals surface area contributed by atoms with Crippen molar-refractivity contribution in [1.29, 1.82) is 0 Å². The summed E-state index contributed by atoms with van der Waals surface area (Å²) in [4.78, 5) is 0. The van der Waals surface area contributed by atoms with Gasteiger partial charge in [-0.2, -0.15) is 0 Å². The fraction of sp³-hybridized carbons (Fsp3) is 0. The van der Waals surface area contributed by atoms with Crippen molar-refractivity contribution in [3.63, 3.8) is 0 Å². The fourth-order valence-corrected chi connectivity index (χ4v) is 9.26. The zero-order valence-electron chi connectivity index (χ0n) is 32.2. The maximum atomic E-state index is 2.47. The zero-order chi connectivity index (χ0) is 38.9. The molecule has 0 radical (unpaired) electrons.